The number of hydrogen-bond acceptors (Lipinski definition) is 3. The highest BCUT2D eigenvalue weighted by atomic mass is 35.5. The van der Waals surface area contributed by atoms with Gasteiger partial charge in [-0.1, -0.05) is 30.5 Å². The zero-order valence-corrected chi connectivity index (χ0v) is 14.6. The number of benzene rings is 1. The van der Waals surface area contributed by atoms with Gasteiger partial charge in [0.25, 0.3) is 0 Å². The second-order valence-electron chi connectivity index (χ2n) is 6.98. The lowest BCUT2D eigenvalue weighted by molar-refractivity contribution is 0.303. The van der Waals surface area contributed by atoms with E-state index in [0.717, 1.165) is 29.5 Å². The molecule has 2 saturated carbocycles. The number of hydrogen-bond donors (Lipinski definition) is 1. The number of anilines is 1. The zero-order chi connectivity index (χ0) is 15.7. The highest BCUT2D eigenvalue weighted by Crippen LogP contribution is 2.44. The fourth-order valence-electron chi connectivity index (χ4n) is 3.67. The molecule has 0 unspecified atom stereocenters. The lowest BCUT2D eigenvalue weighted by Crippen LogP contribution is -2.28. The van der Waals surface area contributed by atoms with Gasteiger partial charge in [-0.15, -0.1) is 0 Å². The first kappa shape index (κ1) is 16.1. The van der Waals surface area contributed by atoms with Crippen LogP contribution in [0.1, 0.15) is 44.1 Å². The molecule has 3 rings (SSSR count). The maximum Gasteiger partial charge on any atom is 0.151 e. The Balaban J connectivity index is 1.74. The minimum Gasteiger partial charge on any atom is -0.382 e. The van der Waals surface area contributed by atoms with E-state index in [1.54, 1.807) is 6.07 Å². The molecule has 1 aromatic carbocycles. The van der Waals surface area contributed by atoms with Crippen molar-refractivity contribution in [1.82, 2.24) is 0 Å². The Morgan fingerprint density at radius 3 is 2.64 bits per heavy atom. The summed E-state index contributed by atoms with van der Waals surface area (Å²) in [5, 5.41) is 4.22. The van der Waals surface area contributed by atoms with Crippen molar-refractivity contribution in [2.24, 2.45) is 11.8 Å². The van der Waals surface area contributed by atoms with E-state index >= 15 is 0 Å². The highest BCUT2D eigenvalue weighted by molar-refractivity contribution is 7.89. The number of rotatable bonds is 5. The molecule has 2 fully saturated rings. The van der Waals surface area contributed by atoms with Crippen LogP contribution in [0.25, 0.3) is 0 Å². The van der Waals surface area contributed by atoms with Crippen LogP contribution in [-0.4, -0.2) is 20.7 Å². The molecule has 1 N–H and O–H groups in total. The number of nitrogens with one attached hydrogen (secondary N) is 1. The molecule has 0 radical (unpaired) electrons. The van der Waals surface area contributed by atoms with E-state index in [2.05, 4.69) is 5.32 Å². The maximum absolute atomic E-state index is 11.6. The molecule has 0 aromatic heterocycles. The fourth-order valence-corrected chi connectivity index (χ4v) is 4.65. The van der Waals surface area contributed by atoms with Crippen LogP contribution < -0.4 is 5.32 Å². The van der Waals surface area contributed by atoms with E-state index in [9.17, 15) is 8.42 Å². The molecule has 2 atom stereocenters. The van der Waals surface area contributed by atoms with Gasteiger partial charge in [-0.05, 0) is 55.2 Å². The fraction of sp³-hybridized carbons (Fsp3) is 0.647. The molecule has 0 heterocycles. The summed E-state index contributed by atoms with van der Waals surface area (Å²) in [6, 6.07) is 5.90. The summed E-state index contributed by atoms with van der Waals surface area (Å²) in [6.45, 7) is 0. The van der Waals surface area contributed by atoms with Gasteiger partial charge in [-0.3, -0.25) is 0 Å². The molecular weight excluding hydrogens is 318 g/mol. The Kier molecular flexibility index (Phi) is 4.69. The van der Waals surface area contributed by atoms with Gasteiger partial charge in [0, 0.05) is 23.0 Å². The van der Waals surface area contributed by atoms with Gasteiger partial charge in [0.05, 0.1) is 5.75 Å². The smallest absolute Gasteiger partial charge is 0.151 e. The minimum atomic E-state index is -3.05. The standard InChI is InChI=1S/C17H24ClNO2S/c1-22(20,21)11-14-7-8-15(18)10-17(14)19-16-4-2-3-13(9-16)12-5-6-12/h7-8,10,12-13,16,19H,2-6,9,11H2,1H3/t13-,16-/m1/s1. The van der Waals surface area contributed by atoms with Crippen molar-refractivity contribution < 1.29 is 8.42 Å². The van der Waals surface area contributed by atoms with Gasteiger partial charge in [-0.2, -0.15) is 0 Å². The van der Waals surface area contributed by atoms with Crippen molar-refractivity contribution in [3.05, 3.63) is 28.8 Å². The first-order chi connectivity index (χ1) is 10.4. The molecule has 5 heteroatoms. The molecule has 0 saturated heterocycles. The molecule has 3 nitrogen and oxygen atoms in total. The SMILES string of the molecule is CS(=O)(=O)Cc1ccc(Cl)cc1N[C@@H]1CCC[C@@H](C2CC2)C1. The highest BCUT2D eigenvalue weighted by Gasteiger charge is 2.34. The number of halogens is 1. The first-order valence-electron chi connectivity index (χ1n) is 8.13. The third kappa shape index (κ3) is 4.39. The lowest BCUT2D eigenvalue weighted by Gasteiger charge is -2.31. The van der Waals surface area contributed by atoms with Gasteiger partial charge in [0.1, 0.15) is 0 Å². The third-order valence-electron chi connectivity index (χ3n) is 4.85. The van der Waals surface area contributed by atoms with E-state index in [0.29, 0.717) is 11.1 Å². The molecule has 0 aliphatic heterocycles. The van der Waals surface area contributed by atoms with Crippen molar-refractivity contribution in [2.75, 3.05) is 11.6 Å². The Labute approximate surface area is 138 Å². The van der Waals surface area contributed by atoms with Gasteiger partial charge in [0.15, 0.2) is 9.84 Å². The Morgan fingerprint density at radius 2 is 1.95 bits per heavy atom. The van der Waals surface area contributed by atoms with Crippen molar-refractivity contribution in [1.29, 1.82) is 0 Å². The summed E-state index contributed by atoms with van der Waals surface area (Å²) in [6.07, 6.45) is 9.05. The van der Waals surface area contributed by atoms with E-state index in [1.807, 2.05) is 12.1 Å². The molecule has 2 aliphatic carbocycles. The lowest BCUT2D eigenvalue weighted by atomic mass is 9.82. The van der Waals surface area contributed by atoms with E-state index in [1.165, 1.54) is 38.4 Å². The van der Waals surface area contributed by atoms with Gasteiger partial charge in [0.2, 0.25) is 0 Å². The van der Waals surface area contributed by atoms with Crippen LogP contribution in [-0.2, 0) is 15.6 Å². The molecule has 2 aliphatic rings. The topological polar surface area (TPSA) is 46.2 Å². The van der Waals surface area contributed by atoms with Crippen LogP contribution in [0, 0.1) is 11.8 Å². The van der Waals surface area contributed by atoms with Crippen LogP contribution >= 0.6 is 11.6 Å². The average Bonchev–Trinajstić information content (AvgIpc) is 3.25. The summed E-state index contributed by atoms with van der Waals surface area (Å²) >= 11 is 6.11. The van der Waals surface area contributed by atoms with Gasteiger partial charge < -0.3 is 5.32 Å². The third-order valence-corrected chi connectivity index (χ3v) is 5.92. The quantitative estimate of drug-likeness (QED) is 0.870. The molecule has 0 spiro atoms. The van der Waals surface area contributed by atoms with Crippen LogP contribution in [0.2, 0.25) is 5.02 Å². The summed E-state index contributed by atoms with van der Waals surface area (Å²) in [4.78, 5) is 0. The Bertz CT molecular complexity index is 640. The van der Waals surface area contributed by atoms with E-state index < -0.39 is 9.84 Å². The van der Waals surface area contributed by atoms with Crippen molar-refractivity contribution in [2.45, 2.75) is 50.3 Å². The van der Waals surface area contributed by atoms with Gasteiger partial charge >= 0.3 is 0 Å². The van der Waals surface area contributed by atoms with Gasteiger partial charge in [-0.25, -0.2) is 8.42 Å². The Hall–Kier alpha value is -0.740. The van der Waals surface area contributed by atoms with Crippen molar-refractivity contribution >= 4 is 27.1 Å². The van der Waals surface area contributed by atoms with Crippen molar-refractivity contribution in [3.63, 3.8) is 0 Å². The molecule has 122 valence electrons. The minimum absolute atomic E-state index is 0.0608. The predicted octanol–water partition coefficient (Wildman–Crippen LogP) is 4.27. The van der Waals surface area contributed by atoms with Crippen LogP contribution in [0.4, 0.5) is 5.69 Å². The molecule has 22 heavy (non-hydrogen) atoms. The number of sulfone groups is 1. The molecule has 0 amide bonds. The summed E-state index contributed by atoms with van der Waals surface area (Å²) < 4.78 is 23.2. The van der Waals surface area contributed by atoms with Crippen LogP contribution in [0.5, 0.6) is 0 Å². The van der Waals surface area contributed by atoms with E-state index in [4.69, 9.17) is 11.6 Å². The normalized spacial score (nSPS) is 25.9. The first-order valence-corrected chi connectivity index (χ1v) is 10.6. The second-order valence-corrected chi connectivity index (χ2v) is 9.55. The predicted molar refractivity (Wildman–Crippen MR) is 92.1 cm³/mol. The summed E-state index contributed by atoms with van der Waals surface area (Å²) in [5.74, 6) is 1.86. The second kappa shape index (κ2) is 6.40. The van der Waals surface area contributed by atoms with E-state index in [-0.39, 0.29) is 5.75 Å². The molecule has 1 aromatic rings. The molecular formula is C17H24ClNO2S. The molecule has 0 bridgehead atoms. The monoisotopic (exact) mass is 341 g/mol. The summed E-state index contributed by atoms with van der Waals surface area (Å²) in [7, 11) is -3.05. The van der Waals surface area contributed by atoms with Crippen LogP contribution in [0.15, 0.2) is 18.2 Å². The Morgan fingerprint density at radius 1 is 1.18 bits per heavy atom. The maximum atomic E-state index is 11.6. The average molecular weight is 342 g/mol. The summed E-state index contributed by atoms with van der Waals surface area (Å²) in [5.41, 5.74) is 1.71. The van der Waals surface area contributed by atoms with Crippen molar-refractivity contribution in [3.8, 4) is 0 Å². The largest absolute Gasteiger partial charge is 0.382 e. The zero-order valence-electron chi connectivity index (χ0n) is 13.0. The van der Waals surface area contributed by atoms with Crippen LogP contribution in [0.3, 0.4) is 0 Å².